The third kappa shape index (κ3) is 3.69. The number of nitrogens with two attached hydrogens (primary N) is 1. The number of anilines is 1. The number of benzene rings is 2. The fraction of sp³-hybridized carbons (Fsp3) is 0.0769. The van der Waals surface area contributed by atoms with Crippen molar-refractivity contribution in [2.75, 3.05) is 5.73 Å². The van der Waals surface area contributed by atoms with Crippen LogP contribution in [0.25, 0.3) is 0 Å². The lowest BCUT2D eigenvalue weighted by molar-refractivity contribution is -0.0522. The summed E-state index contributed by atoms with van der Waals surface area (Å²) >= 11 is 5.76. The quantitative estimate of drug-likeness (QED) is 0.661. The van der Waals surface area contributed by atoms with Gasteiger partial charge in [0.1, 0.15) is 11.6 Å². The molecule has 0 saturated heterocycles. The van der Waals surface area contributed by atoms with Gasteiger partial charge >= 0.3 is 6.61 Å². The van der Waals surface area contributed by atoms with E-state index in [1.807, 2.05) is 0 Å². The van der Waals surface area contributed by atoms with Gasteiger partial charge in [-0.05, 0) is 18.2 Å². The summed E-state index contributed by atoms with van der Waals surface area (Å²) in [6, 6.07) is 4.92. The molecule has 0 heterocycles. The van der Waals surface area contributed by atoms with E-state index in [9.17, 15) is 17.6 Å². The molecule has 0 spiro atoms. The Labute approximate surface area is 121 Å². The summed E-state index contributed by atoms with van der Waals surface area (Å²) in [5.41, 5.74) is 5.37. The van der Waals surface area contributed by atoms with Crippen LogP contribution < -0.4 is 15.2 Å². The smallest absolute Gasteiger partial charge is 0.387 e. The van der Waals surface area contributed by atoms with Crippen molar-refractivity contribution >= 4 is 17.3 Å². The lowest BCUT2D eigenvalue weighted by Crippen LogP contribution is -2.05. The molecule has 3 nitrogen and oxygen atoms in total. The number of nitrogen functional groups attached to an aromatic ring is 1. The molecule has 0 radical (unpaired) electrons. The maximum absolute atomic E-state index is 13.4. The van der Waals surface area contributed by atoms with Crippen LogP contribution in [-0.2, 0) is 0 Å². The van der Waals surface area contributed by atoms with Crippen LogP contribution in [0.15, 0.2) is 30.3 Å². The van der Waals surface area contributed by atoms with Crippen molar-refractivity contribution in [2.24, 2.45) is 0 Å². The molecule has 0 saturated carbocycles. The van der Waals surface area contributed by atoms with E-state index in [-0.39, 0.29) is 22.2 Å². The number of rotatable bonds is 4. The van der Waals surface area contributed by atoms with Gasteiger partial charge in [0.25, 0.3) is 0 Å². The van der Waals surface area contributed by atoms with E-state index >= 15 is 0 Å². The number of hydrogen-bond acceptors (Lipinski definition) is 3. The molecule has 0 aliphatic carbocycles. The van der Waals surface area contributed by atoms with Crippen LogP contribution in [-0.4, -0.2) is 6.61 Å². The van der Waals surface area contributed by atoms with E-state index in [0.717, 1.165) is 24.3 Å². The molecule has 0 aliphatic rings. The molecule has 0 aliphatic heterocycles. The minimum absolute atomic E-state index is 0.0272. The van der Waals surface area contributed by atoms with Crippen LogP contribution >= 0.6 is 11.6 Å². The minimum atomic E-state index is -3.20. The van der Waals surface area contributed by atoms with E-state index in [0.29, 0.717) is 0 Å². The molecule has 0 aromatic heterocycles. The number of halogens is 5. The van der Waals surface area contributed by atoms with Gasteiger partial charge in [-0.2, -0.15) is 8.78 Å². The van der Waals surface area contributed by atoms with Gasteiger partial charge in [-0.15, -0.1) is 0 Å². The third-order valence-corrected chi connectivity index (χ3v) is 2.69. The first-order chi connectivity index (χ1) is 9.86. The largest absolute Gasteiger partial charge is 0.453 e. The first kappa shape index (κ1) is 15.2. The maximum atomic E-state index is 13.4. The highest BCUT2D eigenvalue weighted by Gasteiger charge is 2.15. The summed E-state index contributed by atoms with van der Waals surface area (Å²) < 4.78 is 59.8. The molecule has 0 fully saturated rings. The molecular formula is C13H8ClF4NO2. The third-order valence-electron chi connectivity index (χ3n) is 2.39. The SMILES string of the molecule is Nc1cc(F)c(OC(F)F)cc1Oc1ccc(F)cc1Cl. The van der Waals surface area contributed by atoms with Crippen LogP contribution in [0.5, 0.6) is 17.2 Å². The van der Waals surface area contributed by atoms with E-state index in [2.05, 4.69) is 4.74 Å². The first-order valence-corrected chi connectivity index (χ1v) is 5.91. The summed E-state index contributed by atoms with van der Waals surface area (Å²) in [6.07, 6.45) is 0. The molecule has 2 aromatic carbocycles. The van der Waals surface area contributed by atoms with Gasteiger partial charge in [-0.1, -0.05) is 11.6 Å². The zero-order valence-corrected chi connectivity index (χ0v) is 11.0. The van der Waals surface area contributed by atoms with Crippen LogP contribution in [0.1, 0.15) is 0 Å². The van der Waals surface area contributed by atoms with E-state index in [1.165, 1.54) is 6.07 Å². The summed E-state index contributed by atoms with van der Waals surface area (Å²) in [6.45, 7) is -3.20. The molecule has 0 amide bonds. The Morgan fingerprint density at radius 3 is 2.33 bits per heavy atom. The lowest BCUT2D eigenvalue weighted by Gasteiger charge is -2.12. The average Bonchev–Trinajstić information content (AvgIpc) is 2.37. The molecular weight excluding hydrogens is 314 g/mol. The fourth-order valence-electron chi connectivity index (χ4n) is 1.50. The summed E-state index contributed by atoms with van der Waals surface area (Å²) in [4.78, 5) is 0. The second-order valence-corrected chi connectivity index (χ2v) is 4.28. The van der Waals surface area contributed by atoms with Gasteiger partial charge in [0.2, 0.25) is 0 Å². The molecule has 2 N–H and O–H groups in total. The van der Waals surface area contributed by atoms with Crippen molar-refractivity contribution in [1.82, 2.24) is 0 Å². The Kier molecular flexibility index (Phi) is 4.42. The minimum Gasteiger partial charge on any atom is -0.453 e. The molecule has 2 aromatic rings. The Bertz CT molecular complexity index is 667. The van der Waals surface area contributed by atoms with Crippen molar-refractivity contribution in [3.05, 3.63) is 47.0 Å². The van der Waals surface area contributed by atoms with Gasteiger partial charge in [-0.3, -0.25) is 0 Å². The summed E-state index contributed by atoms with van der Waals surface area (Å²) in [5, 5.41) is -0.0601. The average molecular weight is 322 g/mol. The highest BCUT2D eigenvalue weighted by Crippen LogP contribution is 2.36. The summed E-state index contributed by atoms with van der Waals surface area (Å²) in [5.74, 6) is -2.50. The molecule has 2 rings (SSSR count). The Morgan fingerprint density at radius 1 is 1.00 bits per heavy atom. The standard InChI is InChI=1S/C13H8ClF4NO2/c14-7-3-6(15)1-2-10(7)20-12-5-11(21-13(17)18)8(16)4-9(12)19/h1-5,13H,19H2. The predicted octanol–water partition coefficient (Wildman–Crippen LogP) is 4.59. The molecule has 0 atom stereocenters. The molecule has 21 heavy (non-hydrogen) atoms. The monoisotopic (exact) mass is 321 g/mol. The zero-order chi connectivity index (χ0) is 15.6. The molecule has 8 heteroatoms. The topological polar surface area (TPSA) is 44.5 Å². The van der Waals surface area contributed by atoms with Gasteiger partial charge < -0.3 is 15.2 Å². The molecule has 0 bridgehead atoms. The fourth-order valence-corrected chi connectivity index (χ4v) is 1.71. The second-order valence-electron chi connectivity index (χ2n) is 3.88. The zero-order valence-electron chi connectivity index (χ0n) is 10.2. The number of alkyl halides is 2. The van der Waals surface area contributed by atoms with Gasteiger partial charge in [0.05, 0.1) is 10.7 Å². The second kappa shape index (κ2) is 6.09. The highest BCUT2D eigenvalue weighted by molar-refractivity contribution is 6.32. The summed E-state index contributed by atoms with van der Waals surface area (Å²) in [7, 11) is 0. The molecule has 0 unspecified atom stereocenters. The van der Waals surface area contributed by atoms with Gasteiger partial charge in [0, 0.05) is 12.1 Å². The van der Waals surface area contributed by atoms with Gasteiger partial charge in [0.15, 0.2) is 17.3 Å². The van der Waals surface area contributed by atoms with Crippen molar-refractivity contribution in [3.63, 3.8) is 0 Å². The van der Waals surface area contributed by atoms with E-state index in [1.54, 1.807) is 0 Å². The maximum Gasteiger partial charge on any atom is 0.387 e. The predicted molar refractivity (Wildman–Crippen MR) is 68.9 cm³/mol. The highest BCUT2D eigenvalue weighted by atomic mass is 35.5. The van der Waals surface area contributed by atoms with E-state index in [4.69, 9.17) is 22.1 Å². The normalized spacial score (nSPS) is 10.8. The lowest BCUT2D eigenvalue weighted by atomic mass is 10.2. The first-order valence-electron chi connectivity index (χ1n) is 5.53. The molecule has 112 valence electrons. The van der Waals surface area contributed by atoms with Crippen molar-refractivity contribution in [3.8, 4) is 17.2 Å². The van der Waals surface area contributed by atoms with Crippen molar-refractivity contribution in [1.29, 1.82) is 0 Å². The Balaban J connectivity index is 2.34. The number of hydrogen-bond donors (Lipinski definition) is 1. The van der Waals surface area contributed by atoms with Crippen LogP contribution in [0.3, 0.4) is 0 Å². The number of ether oxygens (including phenoxy) is 2. The van der Waals surface area contributed by atoms with Crippen molar-refractivity contribution < 1.29 is 27.0 Å². The Hall–Kier alpha value is -2.15. The van der Waals surface area contributed by atoms with Crippen LogP contribution in [0.2, 0.25) is 5.02 Å². The van der Waals surface area contributed by atoms with Crippen molar-refractivity contribution in [2.45, 2.75) is 6.61 Å². The van der Waals surface area contributed by atoms with Crippen LogP contribution in [0.4, 0.5) is 23.2 Å². The van der Waals surface area contributed by atoms with E-state index < -0.39 is 24.0 Å². The van der Waals surface area contributed by atoms with Gasteiger partial charge in [-0.25, -0.2) is 8.78 Å². The Morgan fingerprint density at radius 2 is 1.71 bits per heavy atom. The van der Waals surface area contributed by atoms with Crippen LogP contribution in [0, 0.1) is 11.6 Å².